The molecule has 0 bridgehead atoms. The molecule has 0 aromatic rings. The summed E-state index contributed by atoms with van der Waals surface area (Å²) in [6, 6.07) is 0. The Morgan fingerprint density at radius 3 is 2.94 bits per heavy atom. The van der Waals surface area contributed by atoms with Crippen LogP contribution in [0.25, 0.3) is 0 Å². The summed E-state index contributed by atoms with van der Waals surface area (Å²) >= 11 is 9.82. The van der Waals surface area contributed by atoms with E-state index in [1.165, 1.54) is 0 Å². The summed E-state index contributed by atoms with van der Waals surface area (Å²) in [5.74, 6) is 6.52. The van der Waals surface area contributed by atoms with Crippen LogP contribution < -0.4 is 5.84 Å². The normalized spacial score (nSPS) is 21.1. The summed E-state index contributed by atoms with van der Waals surface area (Å²) in [7, 11) is 1.55. The predicted octanol–water partition coefficient (Wildman–Crippen LogP) is 2.86. The van der Waals surface area contributed by atoms with Gasteiger partial charge in [0.05, 0.1) is 30.0 Å². The smallest absolute Gasteiger partial charge is 0.232 e. The lowest BCUT2D eigenvalue weighted by Gasteiger charge is -2.29. The zero-order chi connectivity index (χ0) is 12.8. The first-order valence-corrected chi connectivity index (χ1v) is 7.24. The van der Waals surface area contributed by atoms with Crippen LogP contribution in [0.1, 0.15) is 13.3 Å². The highest BCUT2D eigenvalue weighted by Gasteiger charge is 2.30. The summed E-state index contributed by atoms with van der Waals surface area (Å²) in [5, 5.41) is 7.20. The van der Waals surface area contributed by atoms with Crippen molar-refractivity contribution >= 4 is 51.4 Å². The number of rotatable bonds is 5. The first-order chi connectivity index (χ1) is 8.15. The molecule has 1 aliphatic heterocycles. The van der Waals surface area contributed by atoms with Crippen molar-refractivity contribution in [2.24, 2.45) is 21.2 Å². The van der Waals surface area contributed by atoms with E-state index in [-0.39, 0.29) is 10.7 Å². The van der Waals surface area contributed by atoms with Gasteiger partial charge < -0.3 is 10.6 Å². The average molecular weight is 390 g/mol. The summed E-state index contributed by atoms with van der Waals surface area (Å²) in [5.41, 5.74) is 0.231. The van der Waals surface area contributed by atoms with Crippen LogP contribution in [-0.4, -0.2) is 26.6 Å². The molecule has 1 heterocycles. The Morgan fingerprint density at radius 1 is 1.71 bits per heavy atom. The minimum Gasteiger partial charge on any atom is -0.480 e. The molecule has 0 aromatic carbocycles. The van der Waals surface area contributed by atoms with E-state index in [1.54, 1.807) is 18.9 Å². The van der Waals surface area contributed by atoms with E-state index in [2.05, 4.69) is 45.1 Å². The maximum Gasteiger partial charge on any atom is 0.232 e. The molecule has 2 N–H and O–H groups in total. The van der Waals surface area contributed by atoms with Crippen molar-refractivity contribution in [3.63, 3.8) is 0 Å². The number of methoxy groups -OCH3 is 1. The van der Waals surface area contributed by atoms with Gasteiger partial charge in [0.15, 0.2) is 16.4 Å². The molecule has 0 radical (unpaired) electrons. The zero-order valence-corrected chi connectivity index (χ0v) is 13.2. The van der Waals surface area contributed by atoms with E-state index < -0.39 is 0 Å². The number of hydrogen-bond acceptors (Lipinski definition) is 6. The molecular weight excluding hydrogens is 377 g/mol. The van der Waals surface area contributed by atoms with Crippen LogP contribution in [0.5, 0.6) is 0 Å². The molecule has 96 valence electrons. The van der Waals surface area contributed by atoms with Crippen molar-refractivity contribution in [2.75, 3.05) is 12.9 Å². The molecule has 1 unspecified atom stereocenters. The van der Waals surface area contributed by atoms with Gasteiger partial charge in [0.25, 0.3) is 0 Å². The van der Waals surface area contributed by atoms with E-state index in [0.717, 1.165) is 12.2 Å². The predicted molar refractivity (Wildman–Crippen MR) is 78.8 cm³/mol. The molecule has 0 amide bonds. The number of hydrogen-bond donors (Lipinski definition) is 1. The van der Waals surface area contributed by atoms with E-state index >= 15 is 0 Å². The fourth-order valence-electron chi connectivity index (χ4n) is 1.15. The van der Waals surface area contributed by atoms with Crippen LogP contribution in [-0.2, 0) is 4.74 Å². The number of aliphatic imine (C=N–C) groups is 1. The molecule has 6 nitrogen and oxygen atoms in total. The van der Waals surface area contributed by atoms with Crippen molar-refractivity contribution < 1.29 is 4.74 Å². The molecular formula is C8H13ClIN5OS. The number of halogens is 2. The van der Waals surface area contributed by atoms with E-state index in [1.807, 2.05) is 3.11 Å². The number of thioether (sulfide) groups is 1. The molecule has 0 saturated carbocycles. The third-order valence-electron chi connectivity index (χ3n) is 1.83. The van der Waals surface area contributed by atoms with E-state index in [0.29, 0.717) is 11.6 Å². The van der Waals surface area contributed by atoms with Gasteiger partial charge in [0.1, 0.15) is 0 Å². The standard InChI is InChI=1S/C8H13ClIN5OS/c1-3-4-17-8-12-6(9)5(13-14-11)7(16-2)15(8)10/h8H,3-4H2,1-2H3,(H2,11,13). The molecule has 0 saturated heterocycles. The van der Waals surface area contributed by atoms with Crippen molar-refractivity contribution in [2.45, 2.75) is 18.8 Å². The van der Waals surface area contributed by atoms with Crippen LogP contribution in [0.15, 0.2) is 26.9 Å². The van der Waals surface area contributed by atoms with Gasteiger partial charge in [0.2, 0.25) is 5.88 Å². The fourth-order valence-corrected chi connectivity index (χ4v) is 3.30. The van der Waals surface area contributed by atoms with Crippen molar-refractivity contribution in [3.05, 3.63) is 11.6 Å². The van der Waals surface area contributed by atoms with Crippen LogP contribution in [0, 0.1) is 0 Å². The molecule has 0 aliphatic carbocycles. The Morgan fingerprint density at radius 2 is 2.41 bits per heavy atom. The molecule has 0 spiro atoms. The minimum absolute atomic E-state index is 0.116. The van der Waals surface area contributed by atoms with Crippen LogP contribution >= 0.6 is 46.2 Å². The van der Waals surface area contributed by atoms with Gasteiger partial charge >= 0.3 is 0 Å². The third-order valence-corrected chi connectivity index (χ3v) is 4.71. The van der Waals surface area contributed by atoms with E-state index in [4.69, 9.17) is 22.2 Å². The van der Waals surface area contributed by atoms with Crippen molar-refractivity contribution in [3.8, 4) is 0 Å². The maximum atomic E-state index is 6.03. The molecule has 9 heteroatoms. The zero-order valence-electron chi connectivity index (χ0n) is 9.43. The van der Waals surface area contributed by atoms with E-state index in [9.17, 15) is 0 Å². The highest BCUT2D eigenvalue weighted by atomic mass is 127. The average Bonchev–Trinajstić information content (AvgIpc) is 2.32. The van der Waals surface area contributed by atoms with Crippen LogP contribution in [0.2, 0.25) is 0 Å². The van der Waals surface area contributed by atoms with Gasteiger partial charge in [-0.1, -0.05) is 23.7 Å². The lowest BCUT2D eigenvalue weighted by Crippen LogP contribution is -2.29. The molecule has 0 aromatic heterocycles. The first-order valence-electron chi connectivity index (χ1n) is 4.85. The lowest BCUT2D eigenvalue weighted by molar-refractivity contribution is 0.216. The highest BCUT2D eigenvalue weighted by molar-refractivity contribution is 14.1. The molecule has 1 rings (SSSR count). The Hall–Kier alpha value is -0.220. The van der Waals surface area contributed by atoms with Gasteiger partial charge in [-0.2, -0.15) is 0 Å². The molecule has 0 fully saturated rings. The van der Waals surface area contributed by atoms with Gasteiger partial charge in [-0.3, -0.25) is 0 Å². The fraction of sp³-hybridized carbons (Fsp3) is 0.625. The maximum absolute atomic E-state index is 6.03. The van der Waals surface area contributed by atoms with Crippen LogP contribution in [0.3, 0.4) is 0 Å². The quantitative estimate of drug-likeness (QED) is 0.258. The number of nitrogens with two attached hydrogens (primary N) is 1. The van der Waals surface area contributed by atoms with Gasteiger partial charge in [-0.05, 0) is 12.2 Å². The second-order valence-corrected chi connectivity index (χ2v) is 5.56. The number of ether oxygens (including phenoxy) is 1. The number of allylic oxidation sites excluding steroid dienone is 1. The Bertz CT molecular complexity index is 362. The molecule has 17 heavy (non-hydrogen) atoms. The Labute approximate surface area is 123 Å². The Kier molecular flexibility index (Phi) is 6.34. The van der Waals surface area contributed by atoms with Crippen molar-refractivity contribution in [1.82, 2.24) is 3.11 Å². The van der Waals surface area contributed by atoms with Gasteiger partial charge in [-0.25, -0.2) is 8.11 Å². The second-order valence-electron chi connectivity index (χ2n) is 3.00. The summed E-state index contributed by atoms with van der Waals surface area (Å²) in [6.07, 6.45) is 1.07. The van der Waals surface area contributed by atoms with Crippen LogP contribution in [0.4, 0.5) is 0 Å². The Balaban J connectivity index is 2.97. The van der Waals surface area contributed by atoms with Crippen molar-refractivity contribution in [1.29, 1.82) is 0 Å². The number of nitrogens with zero attached hydrogens (tertiary/aromatic N) is 4. The third kappa shape index (κ3) is 3.62. The van der Waals surface area contributed by atoms with Gasteiger partial charge in [-0.15, -0.1) is 16.9 Å². The second kappa shape index (κ2) is 7.27. The SMILES string of the molecule is CCCSC1N=C(Cl)C(N=NN)=C(OC)N1I. The van der Waals surface area contributed by atoms with Gasteiger partial charge in [0, 0.05) is 0 Å². The summed E-state index contributed by atoms with van der Waals surface area (Å²) in [4.78, 5) is 4.32. The summed E-state index contributed by atoms with van der Waals surface area (Å²) < 4.78 is 7.09. The monoisotopic (exact) mass is 389 g/mol. The largest absolute Gasteiger partial charge is 0.480 e. The minimum atomic E-state index is -0.116. The highest BCUT2D eigenvalue weighted by Crippen LogP contribution is 2.33. The molecule has 1 aliphatic rings. The molecule has 1 atom stereocenters. The lowest BCUT2D eigenvalue weighted by atomic mass is 10.4. The summed E-state index contributed by atoms with van der Waals surface area (Å²) in [6.45, 7) is 2.11. The first kappa shape index (κ1) is 14.8. The topological polar surface area (TPSA) is 75.6 Å².